The van der Waals surface area contributed by atoms with E-state index < -0.39 is 0 Å². The first-order valence-electron chi connectivity index (χ1n) is 7.82. The van der Waals surface area contributed by atoms with Crippen LogP contribution >= 0.6 is 0 Å². The molecular weight excluding hydrogens is 258 g/mol. The van der Waals surface area contributed by atoms with Crippen molar-refractivity contribution in [2.24, 2.45) is 5.84 Å². The van der Waals surface area contributed by atoms with Gasteiger partial charge in [0, 0.05) is 23.9 Å². The SMILES string of the molecule is NNC(CCCc1ccccc1)C1CCc2cccnc21. The normalized spacial score (nSPS) is 18.4. The molecular formula is C18H23N3. The lowest BCUT2D eigenvalue weighted by Crippen LogP contribution is -2.39. The van der Waals surface area contributed by atoms with Crippen molar-refractivity contribution in [2.45, 2.75) is 44.1 Å². The number of aromatic nitrogens is 1. The van der Waals surface area contributed by atoms with E-state index in [1.807, 2.05) is 12.3 Å². The van der Waals surface area contributed by atoms with Crippen molar-refractivity contribution in [3.8, 4) is 0 Å². The summed E-state index contributed by atoms with van der Waals surface area (Å²) in [5.74, 6) is 6.27. The molecule has 2 aromatic rings. The molecule has 0 saturated carbocycles. The molecule has 0 amide bonds. The van der Waals surface area contributed by atoms with Crippen LogP contribution in [-0.2, 0) is 12.8 Å². The van der Waals surface area contributed by atoms with Crippen LogP contribution in [0.25, 0.3) is 0 Å². The summed E-state index contributed by atoms with van der Waals surface area (Å²) >= 11 is 0. The van der Waals surface area contributed by atoms with Gasteiger partial charge in [-0.15, -0.1) is 0 Å². The maximum absolute atomic E-state index is 5.81. The number of hydrogen-bond acceptors (Lipinski definition) is 3. The van der Waals surface area contributed by atoms with E-state index in [2.05, 4.69) is 46.8 Å². The Hall–Kier alpha value is -1.71. The van der Waals surface area contributed by atoms with Crippen LogP contribution in [0.4, 0.5) is 0 Å². The van der Waals surface area contributed by atoms with Crippen LogP contribution in [0.3, 0.4) is 0 Å². The Morgan fingerprint density at radius 2 is 2.05 bits per heavy atom. The zero-order valence-corrected chi connectivity index (χ0v) is 12.3. The summed E-state index contributed by atoms with van der Waals surface area (Å²) in [5.41, 5.74) is 7.08. The first-order chi connectivity index (χ1) is 10.4. The Morgan fingerprint density at radius 1 is 1.19 bits per heavy atom. The highest BCUT2D eigenvalue weighted by Gasteiger charge is 2.29. The van der Waals surface area contributed by atoms with Gasteiger partial charge in [0.05, 0.1) is 0 Å². The van der Waals surface area contributed by atoms with Gasteiger partial charge >= 0.3 is 0 Å². The fourth-order valence-corrected chi connectivity index (χ4v) is 3.41. The smallest absolute Gasteiger partial charge is 0.0482 e. The summed E-state index contributed by atoms with van der Waals surface area (Å²) in [5, 5.41) is 0. The number of benzene rings is 1. The van der Waals surface area contributed by atoms with Crippen molar-refractivity contribution in [1.29, 1.82) is 0 Å². The van der Waals surface area contributed by atoms with Gasteiger partial charge in [0.25, 0.3) is 0 Å². The number of nitrogens with one attached hydrogen (secondary N) is 1. The molecule has 0 aliphatic heterocycles. The van der Waals surface area contributed by atoms with Crippen LogP contribution in [0.5, 0.6) is 0 Å². The van der Waals surface area contributed by atoms with Crippen LogP contribution in [0.2, 0.25) is 0 Å². The molecule has 1 aromatic carbocycles. The fraction of sp³-hybridized carbons (Fsp3) is 0.389. The highest BCUT2D eigenvalue weighted by molar-refractivity contribution is 5.29. The lowest BCUT2D eigenvalue weighted by Gasteiger charge is -2.23. The minimum atomic E-state index is 0.324. The molecule has 3 rings (SSSR count). The van der Waals surface area contributed by atoms with Gasteiger partial charge in [0.2, 0.25) is 0 Å². The molecule has 1 aliphatic carbocycles. The van der Waals surface area contributed by atoms with Crippen LogP contribution in [0.15, 0.2) is 48.7 Å². The molecule has 1 aliphatic rings. The zero-order chi connectivity index (χ0) is 14.5. The molecule has 110 valence electrons. The standard InChI is InChI=1S/C18H23N3/c19-21-17(10-4-8-14-6-2-1-3-7-14)16-12-11-15-9-5-13-20-18(15)16/h1-3,5-7,9,13,16-17,21H,4,8,10-12,19H2. The molecule has 0 fully saturated rings. The van der Waals surface area contributed by atoms with E-state index in [1.165, 1.54) is 16.8 Å². The van der Waals surface area contributed by atoms with E-state index in [9.17, 15) is 0 Å². The molecule has 0 spiro atoms. The van der Waals surface area contributed by atoms with Gasteiger partial charge in [0.15, 0.2) is 0 Å². The highest BCUT2D eigenvalue weighted by Crippen LogP contribution is 2.35. The van der Waals surface area contributed by atoms with E-state index in [-0.39, 0.29) is 0 Å². The van der Waals surface area contributed by atoms with Gasteiger partial charge in [-0.25, -0.2) is 0 Å². The largest absolute Gasteiger partial charge is 0.271 e. The predicted molar refractivity (Wildman–Crippen MR) is 85.8 cm³/mol. The first-order valence-corrected chi connectivity index (χ1v) is 7.82. The Labute approximate surface area is 126 Å². The van der Waals surface area contributed by atoms with Crippen LogP contribution in [0, 0.1) is 0 Å². The molecule has 0 radical (unpaired) electrons. The number of rotatable bonds is 6. The Bertz CT molecular complexity index is 568. The molecule has 2 atom stereocenters. The summed E-state index contributed by atoms with van der Waals surface area (Å²) in [6.45, 7) is 0. The average Bonchev–Trinajstić information content (AvgIpc) is 2.97. The molecule has 3 N–H and O–H groups in total. The summed E-state index contributed by atoms with van der Waals surface area (Å²) in [6.07, 6.45) is 7.54. The molecule has 2 unspecified atom stereocenters. The lowest BCUT2D eigenvalue weighted by atomic mass is 9.92. The maximum atomic E-state index is 5.81. The van der Waals surface area contributed by atoms with E-state index in [0.29, 0.717) is 12.0 Å². The highest BCUT2D eigenvalue weighted by atomic mass is 15.2. The van der Waals surface area contributed by atoms with Gasteiger partial charge < -0.3 is 0 Å². The number of pyridine rings is 1. The van der Waals surface area contributed by atoms with Gasteiger partial charge in [0.1, 0.15) is 0 Å². The average molecular weight is 281 g/mol. The molecule has 1 heterocycles. The van der Waals surface area contributed by atoms with E-state index >= 15 is 0 Å². The van der Waals surface area contributed by atoms with Crippen molar-refractivity contribution < 1.29 is 0 Å². The minimum Gasteiger partial charge on any atom is -0.271 e. The summed E-state index contributed by atoms with van der Waals surface area (Å²) in [4.78, 5) is 4.58. The molecule has 1 aromatic heterocycles. The summed E-state index contributed by atoms with van der Waals surface area (Å²) in [6, 6.07) is 15.2. The van der Waals surface area contributed by atoms with Crippen molar-refractivity contribution in [1.82, 2.24) is 10.4 Å². The van der Waals surface area contributed by atoms with Crippen molar-refractivity contribution in [3.05, 3.63) is 65.5 Å². The zero-order valence-electron chi connectivity index (χ0n) is 12.3. The Kier molecular flexibility index (Phi) is 4.63. The molecule has 21 heavy (non-hydrogen) atoms. The minimum absolute atomic E-state index is 0.324. The van der Waals surface area contributed by atoms with Crippen LogP contribution in [0.1, 0.15) is 42.0 Å². The Morgan fingerprint density at radius 3 is 2.86 bits per heavy atom. The summed E-state index contributed by atoms with van der Waals surface area (Å²) in [7, 11) is 0. The number of hydrogen-bond donors (Lipinski definition) is 2. The number of nitrogens with zero attached hydrogens (tertiary/aromatic N) is 1. The number of aryl methyl sites for hydroxylation is 2. The molecule has 0 saturated heterocycles. The van der Waals surface area contributed by atoms with Crippen molar-refractivity contribution in [2.75, 3.05) is 0 Å². The summed E-state index contributed by atoms with van der Waals surface area (Å²) < 4.78 is 0. The van der Waals surface area contributed by atoms with Crippen LogP contribution < -0.4 is 11.3 Å². The molecule has 0 bridgehead atoms. The maximum Gasteiger partial charge on any atom is 0.0482 e. The third-order valence-electron chi connectivity index (χ3n) is 4.53. The first kappa shape index (κ1) is 14.2. The number of hydrazine groups is 1. The van der Waals surface area contributed by atoms with E-state index in [0.717, 1.165) is 32.1 Å². The fourth-order valence-electron chi connectivity index (χ4n) is 3.41. The van der Waals surface area contributed by atoms with Gasteiger partial charge in [-0.2, -0.15) is 0 Å². The predicted octanol–water partition coefficient (Wildman–Crippen LogP) is 2.97. The van der Waals surface area contributed by atoms with Crippen molar-refractivity contribution >= 4 is 0 Å². The van der Waals surface area contributed by atoms with Gasteiger partial charge in [-0.3, -0.25) is 16.3 Å². The quantitative estimate of drug-likeness (QED) is 0.632. The topological polar surface area (TPSA) is 50.9 Å². The van der Waals surface area contributed by atoms with E-state index in [4.69, 9.17) is 5.84 Å². The lowest BCUT2D eigenvalue weighted by molar-refractivity contribution is 0.399. The van der Waals surface area contributed by atoms with Gasteiger partial charge in [-0.05, 0) is 49.3 Å². The molecule has 3 nitrogen and oxygen atoms in total. The van der Waals surface area contributed by atoms with Crippen LogP contribution in [-0.4, -0.2) is 11.0 Å². The second-order valence-corrected chi connectivity index (χ2v) is 5.84. The third-order valence-corrected chi connectivity index (χ3v) is 4.53. The second-order valence-electron chi connectivity index (χ2n) is 5.84. The third kappa shape index (κ3) is 3.31. The monoisotopic (exact) mass is 281 g/mol. The number of nitrogens with two attached hydrogens (primary N) is 1. The van der Waals surface area contributed by atoms with Crippen molar-refractivity contribution in [3.63, 3.8) is 0 Å². The van der Waals surface area contributed by atoms with Gasteiger partial charge in [-0.1, -0.05) is 36.4 Å². The Balaban J connectivity index is 1.59. The second kappa shape index (κ2) is 6.83. The number of fused-ring (bicyclic) bond motifs is 1. The van der Waals surface area contributed by atoms with E-state index in [1.54, 1.807) is 0 Å². The molecule has 3 heteroatoms.